The average Bonchev–Trinajstić information content (AvgIpc) is 2.77. The zero-order valence-electron chi connectivity index (χ0n) is 16.1. The molecule has 0 radical (unpaired) electrons. The molecule has 0 aliphatic rings. The second kappa shape index (κ2) is 8.41. The van der Waals surface area contributed by atoms with Crippen LogP contribution in [-0.2, 0) is 11.3 Å². The summed E-state index contributed by atoms with van der Waals surface area (Å²) in [5.41, 5.74) is 4.82. The van der Waals surface area contributed by atoms with Crippen LogP contribution in [0, 0.1) is 6.92 Å². The molecule has 0 aliphatic heterocycles. The third-order valence-corrected chi connectivity index (χ3v) is 5.10. The fraction of sp³-hybridized carbons (Fsp3) is 0.130. The molecule has 2 aromatic carbocycles. The van der Waals surface area contributed by atoms with Crippen molar-refractivity contribution in [3.05, 3.63) is 83.7 Å². The highest BCUT2D eigenvalue weighted by Gasteiger charge is 2.14. The number of fused-ring (bicyclic) bond motifs is 1. The fourth-order valence-corrected chi connectivity index (χ4v) is 3.42. The van der Waals surface area contributed by atoms with Gasteiger partial charge in [0.15, 0.2) is 5.16 Å². The van der Waals surface area contributed by atoms with E-state index in [0.29, 0.717) is 16.4 Å². The van der Waals surface area contributed by atoms with E-state index in [2.05, 4.69) is 9.97 Å². The number of aryl methyl sites for hydroxylation is 1. The fourth-order valence-electron chi connectivity index (χ4n) is 3.07. The highest BCUT2D eigenvalue weighted by atomic mass is 32.2. The van der Waals surface area contributed by atoms with E-state index in [0.717, 1.165) is 27.7 Å². The van der Waals surface area contributed by atoms with Gasteiger partial charge in [-0.1, -0.05) is 54.2 Å². The molecule has 0 atom stereocenters. The number of nitrogens with zero attached hydrogens (tertiary/aromatic N) is 3. The minimum Gasteiger partial charge on any atom is -0.456 e. The van der Waals surface area contributed by atoms with Gasteiger partial charge in [0.2, 0.25) is 0 Å². The third-order valence-electron chi connectivity index (χ3n) is 4.54. The number of esters is 1. The van der Waals surface area contributed by atoms with Crippen LogP contribution in [0.2, 0.25) is 0 Å². The molecule has 0 saturated carbocycles. The average molecular weight is 401 g/mol. The van der Waals surface area contributed by atoms with Crippen LogP contribution in [0.1, 0.15) is 21.6 Å². The van der Waals surface area contributed by atoms with Gasteiger partial charge < -0.3 is 4.74 Å². The first kappa shape index (κ1) is 19.1. The van der Waals surface area contributed by atoms with Gasteiger partial charge in [-0.05, 0) is 36.9 Å². The Morgan fingerprint density at radius 3 is 2.55 bits per heavy atom. The minimum absolute atomic E-state index is 0.0762. The van der Waals surface area contributed by atoms with Gasteiger partial charge in [-0.3, -0.25) is 0 Å². The highest BCUT2D eigenvalue weighted by molar-refractivity contribution is 7.98. The molecule has 2 heterocycles. The van der Waals surface area contributed by atoms with Gasteiger partial charge in [0, 0.05) is 17.1 Å². The van der Waals surface area contributed by atoms with Gasteiger partial charge in [0.05, 0.1) is 17.0 Å². The predicted molar refractivity (Wildman–Crippen MR) is 115 cm³/mol. The maximum atomic E-state index is 12.3. The SMILES string of the molecule is CSc1ncc2cc(COC(=O)c3ccccc3)nc(-c3ccccc3C)c2n1. The molecule has 2 aromatic heterocycles. The van der Waals surface area contributed by atoms with E-state index in [-0.39, 0.29) is 12.6 Å². The molecule has 0 spiro atoms. The molecule has 0 unspecified atom stereocenters. The Morgan fingerprint density at radius 1 is 1.03 bits per heavy atom. The number of benzene rings is 2. The van der Waals surface area contributed by atoms with Crippen molar-refractivity contribution in [2.75, 3.05) is 6.26 Å². The lowest BCUT2D eigenvalue weighted by molar-refractivity contribution is 0.0468. The highest BCUT2D eigenvalue weighted by Crippen LogP contribution is 2.29. The molecular weight excluding hydrogens is 382 g/mol. The van der Waals surface area contributed by atoms with E-state index in [1.54, 1.807) is 18.3 Å². The van der Waals surface area contributed by atoms with Crippen LogP contribution < -0.4 is 0 Å². The Hall–Kier alpha value is -3.25. The molecule has 4 aromatic rings. The lowest BCUT2D eigenvalue weighted by atomic mass is 10.0. The van der Waals surface area contributed by atoms with Crippen molar-refractivity contribution >= 4 is 28.6 Å². The lowest BCUT2D eigenvalue weighted by Gasteiger charge is -2.12. The van der Waals surface area contributed by atoms with Crippen LogP contribution in [-0.4, -0.2) is 27.2 Å². The summed E-state index contributed by atoms with van der Waals surface area (Å²) in [6, 6.07) is 18.9. The van der Waals surface area contributed by atoms with Crippen LogP contribution >= 0.6 is 11.8 Å². The number of hydrogen-bond acceptors (Lipinski definition) is 6. The van der Waals surface area contributed by atoms with Crippen molar-refractivity contribution in [3.8, 4) is 11.3 Å². The Labute approximate surface area is 173 Å². The number of ether oxygens (including phenoxy) is 1. The van der Waals surface area contributed by atoms with E-state index in [1.165, 1.54) is 11.8 Å². The van der Waals surface area contributed by atoms with Crippen molar-refractivity contribution in [3.63, 3.8) is 0 Å². The quantitative estimate of drug-likeness (QED) is 0.264. The molecule has 144 valence electrons. The molecule has 0 bridgehead atoms. The maximum Gasteiger partial charge on any atom is 0.338 e. The van der Waals surface area contributed by atoms with Gasteiger partial charge in [0.1, 0.15) is 12.1 Å². The van der Waals surface area contributed by atoms with Gasteiger partial charge in [-0.15, -0.1) is 0 Å². The Balaban J connectivity index is 1.74. The first-order valence-electron chi connectivity index (χ1n) is 9.14. The summed E-state index contributed by atoms with van der Waals surface area (Å²) >= 11 is 1.49. The number of carbonyl (C=O) groups excluding carboxylic acids is 1. The Kier molecular flexibility index (Phi) is 5.53. The normalized spacial score (nSPS) is 10.8. The molecular formula is C23H19N3O2S. The van der Waals surface area contributed by atoms with Crippen LogP contribution in [0.4, 0.5) is 0 Å². The number of thioether (sulfide) groups is 1. The van der Waals surface area contributed by atoms with Crippen LogP contribution in [0.15, 0.2) is 72.0 Å². The number of carbonyl (C=O) groups is 1. The standard InChI is InChI=1S/C23H19N3O2S/c1-15-8-6-7-11-19(15)21-20-17(13-24-23(26-20)29-2)12-18(25-21)14-28-22(27)16-9-4-3-5-10-16/h3-13H,14H2,1-2H3. The first-order valence-corrected chi connectivity index (χ1v) is 10.4. The van der Waals surface area contributed by atoms with Crippen molar-refractivity contribution in [2.24, 2.45) is 0 Å². The summed E-state index contributed by atoms with van der Waals surface area (Å²) in [6.07, 6.45) is 3.74. The number of rotatable bonds is 5. The molecule has 5 nitrogen and oxygen atoms in total. The number of aromatic nitrogens is 3. The van der Waals surface area contributed by atoms with E-state index >= 15 is 0 Å². The molecule has 0 amide bonds. The van der Waals surface area contributed by atoms with Gasteiger partial charge in [0.25, 0.3) is 0 Å². The molecule has 29 heavy (non-hydrogen) atoms. The zero-order valence-corrected chi connectivity index (χ0v) is 16.9. The van der Waals surface area contributed by atoms with Crippen LogP contribution in [0.25, 0.3) is 22.2 Å². The predicted octanol–water partition coefficient (Wildman–Crippen LogP) is 5.08. The van der Waals surface area contributed by atoms with Crippen molar-refractivity contribution in [2.45, 2.75) is 18.7 Å². The summed E-state index contributed by atoms with van der Waals surface area (Å²) in [6.45, 7) is 2.12. The second-order valence-electron chi connectivity index (χ2n) is 6.51. The van der Waals surface area contributed by atoms with Crippen LogP contribution in [0.3, 0.4) is 0 Å². The van der Waals surface area contributed by atoms with Crippen molar-refractivity contribution < 1.29 is 9.53 Å². The number of hydrogen-bond donors (Lipinski definition) is 0. The van der Waals surface area contributed by atoms with Crippen molar-refractivity contribution in [1.82, 2.24) is 15.0 Å². The molecule has 0 N–H and O–H groups in total. The van der Waals surface area contributed by atoms with Gasteiger partial charge in [-0.2, -0.15) is 0 Å². The molecule has 0 saturated heterocycles. The largest absolute Gasteiger partial charge is 0.456 e. The van der Waals surface area contributed by atoms with E-state index in [1.807, 2.05) is 61.7 Å². The monoisotopic (exact) mass is 401 g/mol. The molecule has 0 aliphatic carbocycles. The summed E-state index contributed by atoms with van der Waals surface area (Å²) in [5, 5.41) is 1.55. The minimum atomic E-state index is -0.376. The van der Waals surface area contributed by atoms with E-state index < -0.39 is 0 Å². The summed E-state index contributed by atoms with van der Waals surface area (Å²) < 4.78 is 5.48. The van der Waals surface area contributed by atoms with Crippen LogP contribution in [0.5, 0.6) is 0 Å². The third kappa shape index (κ3) is 4.12. The van der Waals surface area contributed by atoms with E-state index in [9.17, 15) is 4.79 Å². The summed E-state index contributed by atoms with van der Waals surface area (Å²) in [4.78, 5) is 26.2. The lowest BCUT2D eigenvalue weighted by Crippen LogP contribution is -2.07. The van der Waals surface area contributed by atoms with Crippen molar-refractivity contribution in [1.29, 1.82) is 0 Å². The Morgan fingerprint density at radius 2 is 1.79 bits per heavy atom. The smallest absolute Gasteiger partial charge is 0.338 e. The molecule has 6 heteroatoms. The van der Waals surface area contributed by atoms with Gasteiger partial charge in [-0.25, -0.2) is 19.7 Å². The molecule has 4 rings (SSSR count). The molecule has 0 fully saturated rings. The van der Waals surface area contributed by atoms with Gasteiger partial charge >= 0.3 is 5.97 Å². The second-order valence-corrected chi connectivity index (χ2v) is 7.29. The number of pyridine rings is 1. The maximum absolute atomic E-state index is 12.3. The zero-order chi connectivity index (χ0) is 20.2. The first-order chi connectivity index (χ1) is 14.2. The summed E-state index contributed by atoms with van der Waals surface area (Å²) in [5.74, 6) is -0.376. The Bertz CT molecular complexity index is 1180. The summed E-state index contributed by atoms with van der Waals surface area (Å²) in [7, 11) is 0. The topological polar surface area (TPSA) is 65.0 Å². The van der Waals surface area contributed by atoms with E-state index in [4.69, 9.17) is 9.72 Å².